The summed E-state index contributed by atoms with van der Waals surface area (Å²) in [7, 11) is 0. The van der Waals surface area contributed by atoms with E-state index in [1.165, 1.54) is 12.8 Å². The maximum absolute atomic E-state index is 11.0. The van der Waals surface area contributed by atoms with Gasteiger partial charge in [0.2, 0.25) is 5.16 Å². The van der Waals surface area contributed by atoms with Crippen molar-refractivity contribution in [1.82, 2.24) is 20.2 Å². The summed E-state index contributed by atoms with van der Waals surface area (Å²) in [5.74, 6) is 0.209. The average molecular weight is 284 g/mol. The third-order valence-corrected chi connectivity index (χ3v) is 4.38. The highest BCUT2D eigenvalue weighted by Gasteiger charge is 2.28. The van der Waals surface area contributed by atoms with Gasteiger partial charge in [0, 0.05) is 5.75 Å². The molecule has 0 amide bonds. The van der Waals surface area contributed by atoms with Crippen LogP contribution in [0.15, 0.2) is 5.16 Å². The Morgan fingerprint density at radius 3 is 2.84 bits per heavy atom. The summed E-state index contributed by atoms with van der Waals surface area (Å²) in [5.41, 5.74) is -0.625. The van der Waals surface area contributed by atoms with Crippen LogP contribution in [0.1, 0.15) is 52.0 Å². The molecule has 1 heterocycles. The molecule has 0 bridgehead atoms. The molecule has 6 nitrogen and oxygen atoms in total. The van der Waals surface area contributed by atoms with Crippen LogP contribution in [0.2, 0.25) is 0 Å². The normalized spacial score (nSPS) is 15.7. The predicted molar refractivity (Wildman–Crippen MR) is 72.1 cm³/mol. The Kier molecular flexibility index (Phi) is 4.44. The maximum atomic E-state index is 11.0. The number of carboxylic acid groups (broad SMARTS) is 1. The second-order valence-electron chi connectivity index (χ2n) is 5.63. The average Bonchev–Trinajstić information content (AvgIpc) is 3.09. The van der Waals surface area contributed by atoms with Gasteiger partial charge in [-0.3, -0.25) is 4.79 Å². The van der Waals surface area contributed by atoms with E-state index in [2.05, 4.69) is 15.5 Å². The molecule has 2 rings (SSSR count). The highest BCUT2D eigenvalue weighted by Crippen LogP contribution is 2.36. The fraction of sp³-hybridized carbons (Fsp3) is 0.833. The summed E-state index contributed by atoms with van der Waals surface area (Å²) in [5, 5.41) is 21.6. The Hall–Kier alpha value is -1.11. The first-order valence-electron chi connectivity index (χ1n) is 6.65. The molecule has 19 heavy (non-hydrogen) atoms. The third kappa shape index (κ3) is 3.92. The van der Waals surface area contributed by atoms with Gasteiger partial charge in [-0.2, -0.15) is 0 Å². The van der Waals surface area contributed by atoms with Crippen molar-refractivity contribution >= 4 is 17.7 Å². The van der Waals surface area contributed by atoms with E-state index >= 15 is 0 Å². The molecule has 0 saturated heterocycles. The number of hydrogen-bond donors (Lipinski definition) is 1. The Labute approximate surface area is 117 Å². The van der Waals surface area contributed by atoms with Crippen molar-refractivity contribution in [2.24, 2.45) is 5.41 Å². The minimum Gasteiger partial charge on any atom is -0.481 e. The number of nitrogens with zero attached hydrogens (tertiary/aromatic N) is 4. The summed E-state index contributed by atoms with van der Waals surface area (Å²) < 4.78 is 1.91. The molecular weight excluding hydrogens is 264 g/mol. The van der Waals surface area contributed by atoms with Gasteiger partial charge < -0.3 is 5.11 Å². The van der Waals surface area contributed by atoms with Crippen molar-refractivity contribution in [3.05, 3.63) is 0 Å². The maximum Gasteiger partial charge on any atom is 0.309 e. The molecule has 7 heteroatoms. The lowest BCUT2D eigenvalue weighted by molar-refractivity contribution is -0.147. The number of aliphatic carboxylic acids is 1. The van der Waals surface area contributed by atoms with E-state index in [0.29, 0.717) is 12.5 Å². The standard InChI is InChI=1S/C12H20N4O2S/c1-12(2,10(17)18)7-3-4-8-19-11-13-14-15-16(11)9-5-6-9/h9H,3-8H2,1-2H3,(H,17,18). The van der Waals surface area contributed by atoms with Crippen molar-refractivity contribution in [3.8, 4) is 0 Å². The van der Waals surface area contributed by atoms with Gasteiger partial charge in [-0.25, -0.2) is 4.68 Å². The molecule has 1 aromatic rings. The first-order valence-corrected chi connectivity index (χ1v) is 7.63. The van der Waals surface area contributed by atoms with Crippen LogP contribution >= 0.6 is 11.8 Å². The van der Waals surface area contributed by atoms with E-state index in [0.717, 1.165) is 23.8 Å². The first kappa shape index (κ1) is 14.3. The van der Waals surface area contributed by atoms with Crippen LogP contribution in [-0.2, 0) is 4.79 Å². The number of thioether (sulfide) groups is 1. The zero-order valence-electron chi connectivity index (χ0n) is 11.4. The van der Waals surface area contributed by atoms with E-state index in [1.54, 1.807) is 25.6 Å². The van der Waals surface area contributed by atoms with Crippen LogP contribution in [0, 0.1) is 5.41 Å². The number of hydrogen-bond acceptors (Lipinski definition) is 5. The molecule has 106 valence electrons. The molecular formula is C12H20N4O2S. The highest BCUT2D eigenvalue weighted by molar-refractivity contribution is 7.99. The third-order valence-electron chi connectivity index (χ3n) is 3.36. The van der Waals surface area contributed by atoms with Crippen molar-refractivity contribution < 1.29 is 9.90 Å². The Morgan fingerprint density at radius 2 is 2.21 bits per heavy atom. The van der Waals surface area contributed by atoms with E-state index in [-0.39, 0.29) is 0 Å². The molecule has 0 aromatic carbocycles. The van der Waals surface area contributed by atoms with E-state index in [9.17, 15) is 4.79 Å². The Bertz CT molecular complexity index is 443. The number of tetrazole rings is 1. The molecule has 0 aliphatic heterocycles. The van der Waals surface area contributed by atoms with Crippen LogP contribution < -0.4 is 0 Å². The second kappa shape index (κ2) is 5.90. The Balaban J connectivity index is 1.67. The molecule has 1 fully saturated rings. The van der Waals surface area contributed by atoms with Gasteiger partial charge in [0.25, 0.3) is 0 Å². The molecule has 0 unspecified atom stereocenters. The van der Waals surface area contributed by atoms with Crippen molar-refractivity contribution in [3.63, 3.8) is 0 Å². The fourth-order valence-corrected chi connectivity index (χ4v) is 2.71. The van der Waals surface area contributed by atoms with E-state index in [4.69, 9.17) is 5.11 Å². The van der Waals surface area contributed by atoms with Gasteiger partial charge in [-0.05, 0) is 50.0 Å². The molecule has 0 spiro atoms. The van der Waals surface area contributed by atoms with Crippen molar-refractivity contribution in [1.29, 1.82) is 0 Å². The van der Waals surface area contributed by atoms with Crippen LogP contribution in [0.5, 0.6) is 0 Å². The molecule has 0 radical (unpaired) electrons. The van der Waals surface area contributed by atoms with Crippen LogP contribution in [-0.4, -0.2) is 37.0 Å². The van der Waals surface area contributed by atoms with Gasteiger partial charge in [-0.15, -0.1) is 5.10 Å². The number of carbonyl (C=O) groups is 1. The van der Waals surface area contributed by atoms with Gasteiger partial charge in [-0.1, -0.05) is 18.2 Å². The summed E-state index contributed by atoms with van der Waals surface area (Å²) in [6.07, 6.45) is 4.95. The number of rotatable bonds is 8. The van der Waals surface area contributed by atoms with Crippen LogP contribution in [0.4, 0.5) is 0 Å². The first-order chi connectivity index (χ1) is 9.00. The molecule has 1 aliphatic rings. The quantitative estimate of drug-likeness (QED) is 0.583. The van der Waals surface area contributed by atoms with Crippen molar-refractivity contribution in [2.45, 2.75) is 57.1 Å². The molecule has 0 atom stereocenters. The topological polar surface area (TPSA) is 80.9 Å². The Morgan fingerprint density at radius 1 is 1.47 bits per heavy atom. The summed E-state index contributed by atoms with van der Waals surface area (Å²) in [6, 6.07) is 0.503. The van der Waals surface area contributed by atoms with Gasteiger partial charge in [0.1, 0.15) is 0 Å². The van der Waals surface area contributed by atoms with Gasteiger partial charge in [0.05, 0.1) is 11.5 Å². The number of unbranched alkanes of at least 4 members (excludes halogenated alkanes) is 1. The van der Waals surface area contributed by atoms with Crippen molar-refractivity contribution in [2.75, 3.05) is 5.75 Å². The van der Waals surface area contributed by atoms with Gasteiger partial charge >= 0.3 is 5.97 Å². The van der Waals surface area contributed by atoms with Gasteiger partial charge in [0.15, 0.2) is 0 Å². The zero-order valence-corrected chi connectivity index (χ0v) is 12.2. The highest BCUT2D eigenvalue weighted by atomic mass is 32.2. The SMILES string of the molecule is CC(C)(CCCCSc1nnnn1C1CC1)C(=O)O. The van der Waals surface area contributed by atoms with E-state index in [1.807, 2.05) is 4.68 Å². The molecule has 1 saturated carbocycles. The lowest BCUT2D eigenvalue weighted by atomic mass is 9.88. The smallest absolute Gasteiger partial charge is 0.309 e. The number of aromatic nitrogens is 4. The fourth-order valence-electron chi connectivity index (χ4n) is 1.77. The monoisotopic (exact) mass is 284 g/mol. The second-order valence-corrected chi connectivity index (χ2v) is 6.69. The largest absolute Gasteiger partial charge is 0.481 e. The lowest BCUT2D eigenvalue weighted by Crippen LogP contribution is -2.23. The molecule has 1 aliphatic carbocycles. The predicted octanol–water partition coefficient (Wildman–Crippen LogP) is 2.38. The lowest BCUT2D eigenvalue weighted by Gasteiger charge is -2.18. The molecule has 1 N–H and O–H groups in total. The zero-order chi connectivity index (χ0) is 13.9. The summed E-state index contributed by atoms with van der Waals surface area (Å²) in [4.78, 5) is 11.0. The summed E-state index contributed by atoms with van der Waals surface area (Å²) in [6.45, 7) is 3.55. The minimum absolute atomic E-state index is 0.503. The number of carboxylic acids is 1. The van der Waals surface area contributed by atoms with E-state index < -0.39 is 11.4 Å². The molecule has 1 aromatic heterocycles. The van der Waals surface area contributed by atoms with Crippen LogP contribution in [0.3, 0.4) is 0 Å². The van der Waals surface area contributed by atoms with Crippen LogP contribution in [0.25, 0.3) is 0 Å². The summed E-state index contributed by atoms with van der Waals surface area (Å²) >= 11 is 1.66. The minimum atomic E-state index is -0.724.